The summed E-state index contributed by atoms with van der Waals surface area (Å²) in [5.74, 6) is 0.257. The molecule has 1 N–H and O–H groups in total. The Morgan fingerprint density at radius 2 is 1.57 bits per heavy atom. The molecular formula is C18H16NNaO3. The van der Waals surface area contributed by atoms with Gasteiger partial charge in [0.05, 0.1) is 6.42 Å². The average Bonchev–Trinajstić information content (AvgIpc) is 2.99. The van der Waals surface area contributed by atoms with Crippen LogP contribution in [0, 0.1) is 0 Å². The van der Waals surface area contributed by atoms with Gasteiger partial charge in [-0.25, -0.2) is 4.98 Å². The molecule has 3 aromatic rings. The molecule has 0 bridgehead atoms. The van der Waals surface area contributed by atoms with E-state index in [1.54, 1.807) is 0 Å². The van der Waals surface area contributed by atoms with Gasteiger partial charge in [0.2, 0.25) is 0 Å². The monoisotopic (exact) mass is 317 g/mol. The maximum absolute atomic E-state index is 10.7. The number of benzene rings is 2. The molecule has 0 amide bonds. The Balaban J connectivity index is 0.00000144. The van der Waals surface area contributed by atoms with Gasteiger partial charge in [-0.15, -0.1) is 0 Å². The molecule has 5 heteroatoms. The Labute approximate surface area is 158 Å². The first-order chi connectivity index (χ1) is 10.7. The maximum Gasteiger partial charge on any atom is 1.00 e. The molecule has 0 aliphatic heterocycles. The molecule has 0 fully saturated rings. The van der Waals surface area contributed by atoms with E-state index in [1.165, 1.54) is 0 Å². The van der Waals surface area contributed by atoms with Gasteiger partial charge >= 0.3 is 35.5 Å². The fourth-order valence-corrected chi connectivity index (χ4v) is 2.26. The van der Waals surface area contributed by atoms with E-state index in [1.807, 2.05) is 60.7 Å². The van der Waals surface area contributed by atoms with E-state index in [-0.39, 0.29) is 43.8 Å². The summed E-state index contributed by atoms with van der Waals surface area (Å²) in [4.78, 5) is 15.2. The molecule has 0 saturated carbocycles. The molecule has 1 heterocycles. The van der Waals surface area contributed by atoms with Crippen LogP contribution < -0.4 is 29.6 Å². The van der Waals surface area contributed by atoms with Crippen LogP contribution in [0.5, 0.6) is 0 Å². The molecule has 23 heavy (non-hydrogen) atoms. The fraction of sp³-hybridized carbons (Fsp3) is 0.111. The van der Waals surface area contributed by atoms with E-state index < -0.39 is 5.97 Å². The number of aryl methyl sites for hydroxylation is 1. The molecule has 0 spiro atoms. The van der Waals surface area contributed by atoms with Crippen LogP contribution in [0.15, 0.2) is 65.1 Å². The van der Waals surface area contributed by atoms with Crippen molar-refractivity contribution in [3.8, 4) is 22.6 Å². The second-order valence-corrected chi connectivity index (χ2v) is 4.91. The van der Waals surface area contributed by atoms with Gasteiger partial charge in [-0.1, -0.05) is 60.7 Å². The van der Waals surface area contributed by atoms with Crippen molar-refractivity contribution in [1.82, 2.24) is 4.98 Å². The first kappa shape index (κ1) is 17.5. The van der Waals surface area contributed by atoms with E-state index in [4.69, 9.17) is 9.52 Å². The Kier molecular flexibility index (Phi) is 6.16. The zero-order valence-electron chi connectivity index (χ0n) is 13.9. The quantitative estimate of drug-likeness (QED) is 0.717. The average molecular weight is 317 g/mol. The number of carboxylic acid groups (broad SMARTS) is 1. The zero-order chi connectivity index (χ0) is 15.4. The van der Waals surface area contributed by atoms with Gasteiger partial charge in [0.25, 0.3) is 0 Å². The summed E-state index contributed by atoms with van der Waals surface area (Å²) in [7, 11) is 0. The number of rotatable bonds is 5. The second-order valence-electron chi connectivity index (χ2n) is 4.91. The summed E-state index contributed by atoms with van der Waals surface area (Å²) in [5, 5.41) is 8.82. The van der Waals surface area contributed by atoms with Crippen LogP contribution in [0.4, 0.5) is 0 Å². The van der Waals surface area contributed by atoms with Crippen molar-refractivity contribution in [2.24, 2.45) is 0 Å². The molecule has 112 valence electrons. The number of carbonyl (C=O) groups is 1. The molecule has 0 saturated heterocycles. The molecule has 0 aliphatic carbocycles. The van der Waals surface area contributed by atoms with E-state index >= 15 is 0 Å². The second kappa shape index (κ2) is 8.11. The van der Waals surface area contributed by atoms with E-state index in [9.17, 15) is 4.79 Å². The van der Waals surface area contributed by atoms with Crippen molar-refractivity contribution >= 4 is 5.97 Å². The van der Waals surface area contributed by atoms with Gasteiger partial charge in [0, 0.05) is 17.5 Å². The summed E-state index contributed by atoms with van der Waals surface area (Å²) in [6.45, 7) is 0. The standard InChI is InChI=1S/C18H15NO3.Na.H/c20-16(21)12-11-15-19-17(13-7-3-1-4-8-13)18(22-15)14-9-5-2-6-10-14;;/h1-10H,11-12H2,(H,20,21);;/q;+1;-1. The SMILES string of the molecule is O=C(O)CCc1nc(-c2ccccc2)c(-c2ccccc2)o1.[H-].[Na+]. The molecular weight excluding hydrogens is 301 g/mol. The smallest absolute Gasteiger partial charge is 1.00 e. The first-order valence-electron chi connectivity index (χ1n) is 7.06. The van der Waals surface area contributed by atoms with Gasteiger partial charge in [0.15, 0.2) is 11.7 Å². The summed E-state index contributed by atoms with van der Waals surface area (Å²) >= 11 is 0. The number of nitrogens with zero attached hydrogens (tertiary/aromatic N) is 1. The predicted molar refractivity (Wildman–Crippen MR) is 84.4 cm³/mol. The van der Waals surface area contributed by atoms with Crippen molar-refractivity contribution in [2.75, 3.05) is 0 Å². The van der Waals surface area contributed by atoms with Crippen LogP contribution in [-0.4, -0.2) is 16.1 Å². The van der Waals surface area contributed by atoms with Crippen LogP contribution in [0.25, 0.3) is 22.6 Å². The van der Waals surface area contributed by atoms with Crippen LogP contribution in [0.1, 0.15) is 13.7 Å². The van der Waals surface area contributed by atoms with Gasteiger partial charge in [-0.2, -0.15) is 0 Å². The molecule has 0 aliphatic rings. The van der Waals surface area contributed by atoms with Gasteiger partial charge in [-0.3, -0.25) is 4.79 Å². The molecule has 1 aromatic heterocycles. The summed E-state index contributed by atoms with van der Waals surface area (Å²) in [5.41, 5.74) is 2.62. The van der Waals surface area contributed by atoms with Crippen LogP contribution in [0.3, 0.4) is 0 Å². The van der Waals surface area contributed by atoms with Crippen LogP contribution in [0.2, 0.25) is 0 Å². The molecule has 2 aromatic carbocycles. The largest absolute Gasteiger partial charge is 1.00 e. The number of hydrogen-bond acceptors (Lipinski definition) is 3. The topological polar surface area (TPSA) is 63.3 Å². The number of oxazole rings is 1. The predicted octanol–water partition coefficient (Wildman–Crippen LogP) is 1.14. The van der Waals surface area contributed by atoms with Crippen molar-refractivity contribution in [3.05, 3.63) is 66.6 Å². The first-order valence-corrected chi connectivity index (χ1v) is 7.06. The third-order valence-electron chi connectivity index (χ3n) is 3.31. The number of hydrogen-bond donors (Lipinski definition) is 1. The Hall–Kier alpha value is -1.88. The molecule has 4 nitrogen and oxygen atoms in total. The third kappa shape index (κ3) is 4.32. The van der Waals surface area contributed by atoms with Crippen molar-refractivity contribution in [3.63, 3.8) is 0 Å². The van der Waals surface area contributed by atoms with E-state index in [2.05, 4.69) is 4.98 Å². The van der Waals surface area contributed by atoms with Gasteiger partial charge < -0.3 is 11.0 Å². The Bertz CT molecular complexity index is 718. The van der Waals surface area contributed by atoms with Gasteiger partial charge in [-0.05, 0) is 0 Å². The van der Waals surface area contributed by atoms with Crippen LogP contribution in [-0.2, 0) is 11.2 Å². The molecule has 0 atom stereocenters. The minimum Gasteiger partial charge on any atom is -1.00 e. The number of carboxylic acids is 1. The normalized spacial score (nSPS) is 10.1. The minimum absolute atomic E-state index is 0. The molecule has 0 unspecified atom stereocenters. The Morgan fingerprint density at radius 1 is 1.00 bits per heavy atom. The van der Waals surface area contributed by atoms with E-state index in [0.29, 0.717) is 11.7 Å². The summed E-state index contributed by atoms with van der Waals surface area (Å²) in [6.07, 6.45) is 0.283. The van der Waals surface area contributed by atoms with E-state index in [0.717, 1.165) is 16.8 Å². The third-order valence-corrected chi connectivity index (χ3v) is 3.31. The van der Waals surface area contributed by atoms with Crippen molar-refractivity contribution < 1.29 is 45.3 Å². The number of aliphatic carboxylic acids is 1. The van der Waals surface area contributed by atoms with Crippen molar-refractivity contribution in [1.29, 1.82) is 0 Å². The minimum atomic E-state index is -0.860. The zero-order valence-corrected chi connectivity index (χ0v) is 14.9. The number of aromatic nitrogens is 1. The van der Waals surface area contributed by atoms with Crippen LogP contribution >= 0.6 is 0 Å². The molecule has 0 radical (unpaired) electrons. The van der Waals surface area contributed by atoms with Crippen molar-refractivity contribution in [2.45, 2.75) is 12.8 Å². The molecule has 3 rings (SSSR count). The van der Waals surface area contributed by atoms with Gasteiger partial charge in [0.1, 0.15) is 5.69 Å². The maximum atomic E-state index is 10.7. The summed E-state index contributed by atoms with van der Waals surface area (Å²) in [6, 6.07) is 19.5. The Morgan fingerprint density at radius 3 is 2.13 bits per heavy atom. The fourth-order valence-electron chi connectivity index (χ4n) is 2.26. The summed E-state index contributed by atoms with van der Waals surface area (Å²) < 4.78 is 5.83.